The Bertz CT molecular complexity index is 262. The van der Waals surface area contributed by atoms with Crippen molar-refractivity contribution in [2.75, 3.05) is 13.7 Å². The molecule has 0 aliphatic heterocycles. The van der Waals surface area contributed by atoms with Crippen molar-refractivity contribution < 1.29 is 9.26 Å². The minimum atomic E-state index is -0.135. The zero-order chi connectivity index (χ0) is 10.4. The Kier molecular flexibility index (Phi) is 4.55. The highest BCUT2D eigenvalue weighted by atomic mass is 16.5. The number of rotatable bonds is 6. The number of aromatic nitrogens is 2. The highest BCUT2D eigenvalue weighted by Crippen LogP contribution is 2.13. The lowest BCUT2D eigenvalue weighted by Gasteiger charge is -2.01. The van der Waals surface area contributed by atoms with Gasteiger partial charge in [0.1, 0.15) is 0 Å². The van der Waals surface area contributed by atoms with Crippen LogP contribution in [0.25, 0.3) is 0 Å². The average molecular weight is 199 g/mol. The predicted octanol–water partition coefficient (Wildman–Crippen LogP) is 1.06. The van der Waals surface area contributed by atoms with E-state index in [-0.39, 0.29) is 6.04 Å². The summed E-state index contributed by atoms with van der Waals surface area (Å²) in [5, 5.41) is 3.81. The van der Waals surface area contributed by atoms with Gasteiger partial charge in [-0.1, -0.05) is 18.5 Å². The summed E-state index contributed by atoms with van der Waals surface area (Å²) in [5.41, 5.74) is 5.82. The Morgan fingerprint density at radius 1 is 1.57 bits per heavy atom. The van der Waals surface area contributed by atoms with Crippen LogP contribution in [0.2, 0.25) is 0 Å². The molecule has 1 atom stereocenters. The smallest absolute Gasteiger partial charge is 0.243 e. The van der Waals surface area contributed by atoms with Crippen molar-refractivity contribution in [2.45, 2.75) is 32.2 Å². The van der Waals surface area contributed by atoms with Crippen LogP contribution < -0.4 is 5.73 Å². The summed E-state index contributed by atoms with van der Waals surface area (Å²) in [7, 11) is 1.64. The van der Waals surface area contributed by atoms with Gasteiger partial charge in [0.25, 0.3) is 0 Å². The minimum Gasteiger partial charge on any atom is -0.384 e. The zero-order valence-corrected chi connectivity index (χ0v) is 8.69. The van der Waals surface area contributed by atoms with Gasteiger partial charge in [-0.25, -0.2) is 0 Å². The van der Waals surface area contributed by atoms with E-state index < -0.39 is 0 Å². The van der Waals surface area contributed by atoms with Crippen molar-refractivity contribution in [3.05, 3.63) is 11.7 Å². The van der Waals surface area contributed by atoms with Crippen molar-refractivity contribution >= 4 is 0 Å². The maximum atomic E-state index is 5.82. The third-order valence-electron chi connectivity index (χ3n) is 1.93. The van der Waals surface area contributed by atoms with Crippen LogP contribution in [0.4, 0.5) is 0 Å². The number of ether oxygens (including phenoxy) is 1. The first-order chi connectivity index (χ1) is 6.77. The SMILES string of the molecule is CCC[C@@H](N)c1nc(CCOC)no1. The molecule has 0 aliphatic rings. The van der Waals surface area contributed by atoms with E-state index in [2.05, 4.69) is 17.1 Å². The van der Waals surface area contributed by atoms with Crippen molar-refractivity contribution in [1.82, 2.24) is 10.1 Å². The molecule has 1 aromatic rings. The first kappa shape index (κ1) is 11.1. The molecule has 0 aliphatic carbocycles. The predicted molar refractivity (Wildman–Crippen MR) is 51.7 cm³/mol. The summed E-state index contributed by atoms with van der Waals surface area (Å²) in [6.45, 7) is 2.67. The molecule has 14 heavy (non-hydrogen) atoms. The summed E-state index contributed by atoms with van der Waals surface area (Å²) in [6, 6.07) is -0.135. The Morgan fingerprint density at radius 2 is 2.36 bits per heavy atom. The van der Waals surface area contributed by atoms with Crippen LogP contribution in [-0.4, -0.2) is 23.9 Å². The van der Waals surface area contributed by atoms with Crippen molar-refractivity contribution in [3.63, 3.8) is 0 Å². The van der Waals surface area contributed by atoms with Crippen LogP contribution in [0.1, 0.15) is 37.5 Å². The third-order valence-corrected chi connectivity index (χ3v) is 1.93. The van der Waals surface area contributed by atoms with E-state index in [0.717, 1.165) is 12.8 Å². The van der Waals surface area contributed by atoms with Crippen LogP contribution in [0, 0.1) is 0 Å². The Balaban J connectivity index is 2.49. The van der Waals surface area contributed by atoms with E-state index in [9.17, 15) is 0 Å². The van der Waals surface area contributed by atoms with Gasteiger partial charge in [-0.05, 0) is 6.42 Å². The van der Waals surface area contributed by atoms with Gasteiger partial charge in [0.15, 0.2) is 5.82 Å². The summed E-state index contributed by atoms with van der Waals surface area (Å²) >= 11 is 0. The molecule has 0 spiro atoms. The molecule has 1 heterocycles. The highest BCUT2D eigenvalue weighted by molar-refractivity contribution is 4.91. The van der Waals surface area contributed by atoms with Crippen LogP contribution >= 0.6 is 0 Å². The van der Waals surface area contributed by atoms with Gasteiger partial charge in [-0.2, -0.15) is 4.98 Å². The second kappa shape index (κ2) is 5.72. The fourth-order valence-corrected chi connectivity index (χ4v) is 1.15. The van der Waals surface area contributed by atoms with E-state index in [1.165, 1.54) is 0 Å². The fraction of sp³-hybridized carbons (Fsp3) is 0.778. The van der Waals surface area contributed by atoms with Crippen LogP contribution in [-0.2, 0) is 11.2 Å². The molecule has 0 aromatic carbocycles. The van der Waals surface area contributed by atoms with Gasteiger partial charge in [0.2, 0.25) is 5.89 Å². The zero-order valence-electron chi connectivity index (χ0n) is 8.69. The quantitative estimate of drug-likeness (QED) is 0.741. The van der Waals surface area contributed by atoms with E-state index in [4.69, 9.17) is 15.0 Å². The summed E-state index contributed by atoms with van der Waals surface area (Å²) in [5.74, 6) is 1.19. The van der Waals surface area contributed by atoms with Gasteiger partial charge in [0.05, 0.1) is 12.6 Å². The number of methoxy groups -OCH3 is 1. The standard InChI is InChI=1S/C9H17N3O2/c1-3-4-7(10)9-11-8(12-14-9)5-6-13-2/h7H,3-6,10H2,1-2H3/t7-/m1/s1. The lowest BCUT2D eigenvalue weighted by molar-refractivity contribution is 0.199. The molecule has 1 aromatic heterocycles. The maximum Gasteiger partial charge on any atom is 0.243 e. The van der Waals surface area contributed by atoms with Gasteiger partial charge in [0, 0.05) is 13.5 Å². The topological polar surface area (TPSA) is 74.2 Å². The maximum absolute atomic E-state index is 5.82. The lowest BCUT2D eigenvalue weighted by atomic mass is 10.2. The molecule has 0 saturated heterocycles. The Labute approximate surface area is 83.6 Å². The van der Waals surface area contributed by atoms with Crippen molar-refractivity contribution in [2.24, 2.45) is 5.73 Å². The van der Waals surface area contributed by atoms with Gasteiger partial charge >= 0.3 is 0 Å². The summed E-state index contributed by atoms with van der Waals surface area (Å²) < 4.78 is 9.94. The Hall–Kier alpha value is -0.940. The molecule has 1 rings (SSSR count). The first-order valence-electron chi connectivity index (χ1n) is 4.85. The van der Waals surface area contributed by atoms with Gasteiger partial charge < -0.3 is 15.0 Å². The molecule has 5 heteroatoms. The fourth-order valence-electron chi connectivity index (χ4n) is 1.15. The molecule has 80 valence electrons. The number of nitrogens with zero attached hydrogens (tertiary/aromatic N) is 2. The van der Waals surface area contributed by atoms with Gasteiger partial charge in [-0.15, -0.1) is 0 Å². The van der Waals surface area contributed by atoms with Gasteiger partial charge in [-0.3, -0.25) is 0 Å². The number of nitrogens with two attached hydrogens (primary N) is 1. The first-order valence-corrected chi connectivity index (χ1v) is 4.85. The molecule has 5 nitrogen and oxygen atoms in total. The highest BCUT2D eigenvalue weighted by Gasteiger charge is 2.13. The molecule has 0 radical (unpaired) electrons. The molecular formula is C9H17N3O2. The number of hydrogen-bond acceptors (Lipinski definition) is 5. The Morgan fingerprint density at radius 3 is 3.00 bits per heavy atom. The molecule has 0 amide bonds. The normalized spacial score (nSPS) is 13.1. The number of hydrogen-bond donors (Lipinski definition) is 1. The van der Waals surface area contributed by atoms with Crippen molar-refractivity contribution in [3.8, 4) is 0 Å². The van der Waals surface area contributed by atoms with E-state index in [0.29, 0.717) is 24.7 Å². The molecule has 0 unspecified atom stereocenters. The molecule has 0 saturated carbocycles. The lowest BCUT2D eigenvalue weighted by Crippen LogP contribution is -2.10. The summed E-state index contributed by atoms with van der Waals surface area (Å²) in [4.78, 5) is 4.18. The molecule has 0 bridgehead atoms. The average Bonchev–Trinajstić information content (AvgIpc) is 2.63. The van der Waals surface area contributed by atoms with Crippen LogP contribution in [0.15, 0.2) is 4.52 Å². The molecule has 2 N–H and O–H groups in total. The second-order valence-electron chi connectivity index (χ2n) is 3.19. The van der Waals surface area contributed by atoms with Crippen molar-refractivity contribution in [1.29, 1.82) is 0 Å². The molecule has 0 fully saturated rings. The monoisotopic (exact) mass is 199 g/mol. The van der Waals surface area contributed by atoms with E-state index >= 15 is 0 Å². The third kappa shape index (κ3) is 3.08. The van der Waals surface area contributed by atoms with Crippen LogP contribution in [0.5, 0.6) is 0 Å². The van der Waals surface area contributed by atoms with E-state index in [1.54, 1.807) is 7.11 Å². The summed E-state index contributed by atoms with van der Waals surface area (Å²) in [6.07, 6.45) is 2.54. The van der Waals surface area contributed by atoms with E-state index in [1.807, 2.05) is 0 Å². The van der Waals surface area contributed by atoms with Crippen LogP contribution in [0.3, 0.4) is 0 Å². The minimum absolute atomic E-state index is 0.135. The second-order valence-corrected chi connectivity index (χ2v) is 3.19. The molecular weight excluding hydrogens is 182 g/mol. The largest absolute Gasteiger partial charge is 0.384 e.